The number of thiophene rings is 1. The van der Waals surface area contributed by atoms with Crippen LogP contribution in [0.15, 0.2) is 71.5 Å². The number of halogens is 1. The predicted octanol–water partition coefficient (Wildman–Crippen LogP) is 5.61. The second-order valence-electron chi connectivity index (χ2n) is 6.50. The molecule has 0 aliphatic carbocycles. The van der Waals surface area contributed by atoms with Gasteiger partial charge in [-0.3, -0.25) is 9.36 Å². The maximum absolute atomic E-state index is 12.7. The molecule has 2 aromatic carbocycles. The van der Waals surface area contributed by atoms with E-state index >= 15 is 0 Å². The van der Waals surface area contributed by atoms with Crippen LogP contribution in [-0.4, -0.2) is 17.1 Å². The quantitative estimate of drug-likeness (QED) is 0.392. The minimum Gasteiger partial charge on any atom is -0.462 e. The molecule has 2 heterocycles. The summed E-state index contributed by atoms with van der Waals surface area (Å²) in [5.41, 5.74) is 2.55. The van der Waals surface area contributed by atoms with Gasteiger partial charge in [0.2, 0.25) is 0 Å². The molecule has 146 valence electrons. The summed E-state index contributed by atoms with van der Waals surface area (Å²) in [4.78, 5) is 26.6. The number of ether oxygens (including phenoxy) is 1. The van der Waals surface area contributed by atoms with Crippen LogP contribution in [0.2, 0.25) is 5.02 Å². The fourth-order valence-corrected chi connectivity index (χ4v) is 4.62. The molecule has 0 radical (unpaired) electrons. The Bertz CT molecular complexity index is 1230. The fraction of sp³-hybridized carbons (Fsp3) is 0.130. The van der Waals surface area contributed by atoms with Gasteiger partial charge in [-0.15, -0.1) is 11.3 Å². The lowest BCUT2D eigenvalue weighted by atomic mass is 10.0. The van der Waals surface area contributed by atoms with Crippen LogP contribution in [0, 0.1) is 0 Å². The van der Waals surface area contributed by atoms with Crippen molar-refractivity contribution in [2.24, 2.45) is 0 Å². The van der Waals surface area contributed by atoms with E-state index in [0.29, 0.717) is 23.1 Å². The van der Waals surface area contributed by atoms with E-state index in [4.69, 9.17) is 16.3 Å². The van der Waals surface area contributed by atoms with Crippen molar-refractivity contribution in [1.82, 2.24) is 4.57 Å². The zero-order valence-electron chi connectivity index (χ0n) is 15.7. The van der Waals surface area contributed by atoms with E-state index in [2.05, 4.69) is 0 Å². The number of carbonyl (C=O) groups excluding carboxylic acids is 1. The summed E-state index contributed by atoms with van der Waals surface area (Å²) in [6.45, 7) is 2.47. The third-order valence-corrected chi connectivity index (χ3v) is 6.07. The van der Waals surface area contributed by atoms with Crippen molar-refractivity contribution < 1.29 is 9.53 Å². The Morgan fingerprint density at radius 1 is 1.03 bits per heavy atom. The van der Waals surface area contributed by atoms with E-state index in [9.17, 15) is 9.59 Å². The molecule has 0 amide bonds. The Morgan fingerprint density at radius 3 is 2.45 bits per heavy atom. The standard InChI is InChI=1S/C23H18ClNO3S/c1-2-28-23(27)21-20(16-6-4-3-5-7-16)18-12-13-19(26)25(22(18)29-21)14-15-8-10-17(24)11-9-15/h3-13H,2,14H2,1H3. The molecule has 0 N–H and O–H groups in total. The Morgan fingerprint density at radius 2 is 1.76 bits per heavy atom. The smallest absolute Gasteiger partial charge is 0.349 e. The average molecular weight is 424 g/mol. The second-order valence-corrected chi connectivity index (χ2v) is 7.93. The lowest BCUT2D eigenvalue weighted by Crippen LogP contribution is -2.19. The predicted molar refractivity (Wildman–Crippen MR) is 118 cm³/mol. The lowest BCUT2D eigenvalue weighted by Gasteiger charge is -2.08. The third kappa shape index (κ3) is 3.84. The van der Waals surface area contributed by atoms with Crippen molar-refractivity contribution in [2.75, 3.05) is 6.61 Å². The number of esters is 1. The van der Waals surface area contributed by atoms with Gasteiger partial charge in [0, 0.05) is 22.0 Å². The highest BCUT2D eigenvalue weighted by atomic mass is 35.5. The van der Waals surface area contributed by atoms with Gasteiger partial charge in [-0.25, -0.2) is 4.79 Å². The zero-order valence-corrected chi connectivity index (χ0v) is 17.3. The Labute approximate surface area is 176 Å². The molecule has 0 spiro atoms. The van der Waals surface area contributed by atoms with Crippen LogP contribution in [0.1, 0.15) is 22.2 Å². The van der Waals surface area contributed by atoms with Crippen LogP contribution in [-0.2, 0) is 11.3 Å². The molecule has 0 atom stereocenters. The summed E-state index contributed by atoms with van der Waals surface area (Å²) >= 11 is 7.27. The molecule has 6 heteroatoms. The number of pyridine rings is 1. The monoisotopic (exact) mass is 423 g/mol. The van der Waals surface area contributed by atoms with Crippen molar-refractivity contribution in [1.29, 1.82) is 0 Å². The number of aromatic nitrogens is 1. The van der Waals surface area contributed by atoms with Crippen molar-refractivity contribution >= 4 is 39.1 Å². The average Bonchev–Trinajstić information content (AvgIpc) is 3.12. The van der Waals surface area contributed by atoms with E-state index in [1.165, 1.54) is 11.3 Å². The van der Waals surface area contributed by atoms with Gasteiger partial charge in [0.05, 0.1) is 13.2 Å². The van der Waals surface area contributed by atoms with Gasteiger partial charge < -0.3 is 4.74 Å². The van der Waals surface area contributed by atoms with Crippen molar-refractivity contribution in [2.45, 2.75) is 13.5 Å². The number of benzene rings is 2. The summed E-state index contributed by atoms with van der Waals surface area (Å²) < 4.78 is 6.98. The summed E-state index contributed by atoms with van der Waals surface area (Å²) in [5, 5.41) is 1.50. The van der Waals surface area contributed by atoms with Crippen LogP contribution in [0.3, 0.4) is 0 Å². The van der Waals surface area contributed by atoms with E-state index in [1.54, 1.807) is 35.8 Å². The third-order valence-electron chi connectivity index (χ3n) is 4.61. The SMILES string of the molecule is CCOC(=O)c1sc2c(ccc(=O)n2Cc2ccc(Cl)cc2)c1-c1ccccc1. The molecule has 0 unspecified atom stereocenters. The molecule has 29 heavy (non-hydrogen) atoms. The van der Waals surface area contributed by atoms with Gasteiger partial charge >= 0.3 is 5.97 Å². The highest BCUT2D eigenvalue weighted by Crippen LogP contribution is 2.38. The molecular weight excluding hydrogens is 406 g/mol. The van der Waals surface area contributed by atoms with Crippen molar-refractivity contribution in [3.8, 4) is 11.1 Å². The number of hydrogen-bond acceptors (Lipinski definition) is 4. The molecule has 4 rings (SSSR count). The molecule has 0 bridgehead atoms. The van der Waals surface area contributed by atoms with Gasteiger partial charge in [0.25, 0.3) is 5.56 Å². The maximum atomic E-state index is 12.7. The number of fused-ring (bicyclic) bond motifs is 1. The first-order valence-corrected chi connectivity index (χ1v) is 10.4. The fourth-order valence-electron chi connectivity index (χ4n) is 3.29. The van der Waals surface area contributed by atoms with E-state index in [0.717, 1.165) is 26.9 Å². The van der Waals surface area contributed by atoms with Crippen LogP contribution in [0.4, 0.5) is 0 Å². The van der Waals surface area contributed by atoms with Crippen LogP contribution in [0.5, 0.6) is 0 Å². The van der Waals surface area contributed by atoms with Crippen LogP contribution >= 0.6 is 22.9 Å². The second kappa shape index (κ2) is 8.23. The van der Waals surface area contributed by atoms with E-state index in [-0.39, 0.29) is 11.5 Å². The van der Waals surface area contributed by atoms with Gasteiger partial charge in [-0.1, -0.05) is 54.1 Å². The normalized spacial score (nSPS) is 11.0. The first-order chi connectivity index (χ1) is 14.1. The number of carbonyl (C=O) groups is 1. The minimum absolute atomic E-state index is 0.122. The van der Waals surface area contributed by atoms with Gasteiger partial charge in [0.1, 0.15) is 9.71 Å². The van der Waals surface area contributed by atoms with Crippen LogP contribution < -0.4 is 5.56 Å². The summed E-state index contributed by atoms with van der Waals surface area (Å²) in [6.07, 6.45) is 0. The highest BCUT2D eigenvalue weighted by Gasteiger charge is 2.23. The van der Waals surface area contributed by atoms with Gasteiger partial charge in [-0.05, 0) is 36.2 Å². The minimum atomic E-state index is -0.377. The first kappa shape index (κ1) is 19.4. The van der Waals surface area contributed by atoms with Gasteiger partial charge in [0.15, 0.2) is 0 Å². The molecule has 0 aliphatic rings. The lowest BCUT2D eigenvalue weighted by molar-refractivity contribution is 0.0533. The summed E-state index contributed by atoms with van der Waals surface area (Å²) in [7, 11) is 0. The molecule has 0 saturated carbocycles. The Hall–Kier alpha value is -2.89. The molecule has 0 saturated heterocycles. The summed E-state index contributed by atoms with van der Waals surface area (Å²) in [6, 6.07) is 20.4. The number of hydrogen-bond donors (Lipinski definition) is 0. The first-order valence-electron chi connectivity index (χ1n) is 9.22. The molecule has 4 aromatic rings. The molecule has 0 fully saturated rings. The molecule has 2 aromatic heterocycles. The van der Waals surface area contributed by atoms with E-state index in [1.807, 2.05) is 42.5 Å². The maximum Gasteiger partial charge on any atom is 0.349 e. The number of rotatable bonds is 5. The largest absolute Gasteiger partial charge is 0.462 e. The molecule has 0 aliphatic heterocycles. The van der Waals surface area contributed by atoms with Gasteiger partial charge in [-0.2, -0.15) is 0 Å². The van der Waals surface area contributed by atoms with Crippen molar-refractivity contribution in [3.63, 3.8) is 0 Å². The van der Waals surface area contributed by atoms with Crippen LogP contribution in [0.25, 0.3) is 21.3 Å². The Kier molecular flexibility index (Phi) is 5.51. The summed E-state index contributed by atoms with van der Waals surface area (Å²) in [5.74, 6) is -0.377. The molecule has 4 nitrogen and oxygen atoms in total. The molecular formula is C23H18ClNO3S. The van der Waals surface area contributed by atoms with Crippen molar-refractivity contribution in [3.05, 3.63) is 92.5 Å². The van der Waals surface area contributed by atoms with E-state index < -0.39 is 0 Å². The number of nitrogens with zero attached hydrogens (tertiary/aromatic N) is 1. The zero-order chi connectivity index (χ0) is 20.4. The highest BCUT2D eigenvalue weighted by molar-refractivity contribution is 7.21. The topological polar surface area (TPSA) is 48.3 Å². The Balaban J connectivity index is 1.94.